The molecule has 4 rings (SSSR count). The number of furan rings is 1. The van der Waals surface area contributed by atoms with Crippen LogP contribution in [0, 0.1) is 0 Å². The zero-order valence-corrected chi connectivity index (χ0v) is 19.4. The van der Waals surface area contributed by atoms with Gasteiger partial charge in [-0.3, -0.25) is 4.79 Å². The summed E-state index contributed by atoms with van der Waals surface area (Å²) in [5.74, 6) is 0.651. The Balaban J connectivity index is 1.24. The van der Waals surface area contributed by atoms with Crippen LogP contribution < -0.4 is 10.1 Å². The van der Waals surface area contributed by atoms with Gasteiger partial charge in [0.05, 0.1) is 6.61 Å². The van der Waals surface area contributed by atoms with Crippen LogP contribution in [0.1, 0.15) is 68.6 Å². The highest BCUT2D eigenvalue weighted by Gasteiger charge is 2.10. The Morgan fingerprint density at radius 3 is 2.27 bits per heavy atom. The van der Waals surface area contributed by atoms with Gasteiger partial charge >= 0.3 is 0 Å². The Morgan fingerprint density at radius 1 is 0.788 bits per heavy atom. The number of fused-ring (bicyclic) bond motifs is 3. The molecule has 0 atom stereocenters. The number of carbonyl (C=O) groups excluding carboxylic acids is 1. The first-order valence-electron chi connectivity index (χ1n) is 12.2. The van der Waals surface area contributed by atoms with Crippen molar-refractivity contribution in [2.24, 2.45) is 0 Å². The molecule has 4 aromatic rings. The van der Waals surface area contributed by atoms with E-state index in [0.29, 0.717) is 11.3 Å². The van der Waals surface area contributed by atoms with E-state index in [4.69, 9.17) is 9.15 Å². The number of para-hydroxylation sites is 1. The van der Waals surface area contributed by atoms with E-state index in [-0.39, 0.29) is 5.91 Å². The summed E-state index contributed by atoms with van der Waals surface area (Å²) in [5.41, 5.74) is 2.91. The van der Waals surface area contributed by atoms with Crippen LogP contribution in [0.25, 0.3) is 21.9 Å². The standard InChI is InChI=1S/C29H33NO3/c1-2-3-4-5-6-7-8-11-20-32-24-17-14-22(15-18-24)29(31)30-23-16-19-26-25-12-9-10-13-27(25)33-28(26)21-23/h9-10,12-19,21H,2-8,11,20H2,1H3,(H,30,31). The largest absolute Gasteiger partial charge is 0.494 e. The van der Waals surface area contributed by atoms with Gasteiger partial charge in [0.2, 0.25) is 0 Å². The topological polar surface area (TPSA) is 51.5 Å². The number of hydrogen-bond acceptors (Lipinski definition) is 3. The highest BCUT2D eigenvalue weighted by atomic mass is 16.5. The van der Waals surface area contributed by atoms with Gasteiger partial charge < -0.3 is 14.5 Å². The van der Waals surface area contributed by atoms with Crippen LogP contribution in [0.15, 0.2) is 71.1 Å². The molecule has 1 aromatic heterocycles. The Labute approximate surface area is 195 Å². The number of benzene rings is 3. The van der Waals surface area contributed by atoms with Gasteiger partial charge in [0.25, 0.3) is 5.91 Å². The highest BCUT2D eigenvalue weighted by molar-refractivity contribution is 6.08. The van der Waals surface area contributed by atoms with E-state index < -0.39 is 0 Å². The number of hydrogen-bond donors (Lipinski definition) is 1. The van der Waals surface area contributed by atoms with Crippen LogP contribution in [0.5, 0.6) is 5.75 Å². The van der Waals surface area contributed by atoms with E-state index in [9.17, 15) is 4.79 Å². The minimum Gasteiger partial charge on any atom is -0.494 e. The van der Waals surface area contributed by atoms with E-state index >= 15 is 0 Å². The fraction of sp³-hybridized carbons (Fsp3) is 0.345. The van der Waals surface area contributed by atoms with E-state index in [1.54, 1.807) is 12.1 Å². The number of nitrogens with one attached hydrogen (secondary N) is 1. The molecule has 1 heterocycles. The Hall–Kier alpha value is -3.27. The summed E-state index contributed by atoms with van der Waals surface area (Å²) in [6, 6.07) is 21.0. The molecule has 0 aliphatic carbocycles. The first kappa shape index (κ1) is 22.9. The third-order valence-corrected chi connectivity index (χ3v) is 6.02. The van der Waals surface area contributed by atoms with Crippen molar-refractivity contribution >= 4 is 33.5 Å². The normalized spacial score (nSPS) is 11.2. The molecule has 0 unspecified atom stereocenters. The van der Waals surface area contributed by atoms with Crippen molar-refractivity contribution in [3.63, 3.8) is 0 Å². The quantitative estimate of drug-likeness (QED) is 0.224. The molecule has 172 valence electrons. The molecule has 0 fully saturated rings. The molecule has 0 saturated carbocycles. The zero-order chi connectivity index (χ0) is 22.9. The predicted molar refractivity (Wildman–Crippen MR) is 136 cm³/mol. The lowest BCUT2D eigenvalue weighted by Gasteiger charge is -2.08. The van der Waals surface area contributed by atoms with Crippen molar-refractivity contribution < 1.29 is 13.9 Å². The van der Waals surface area contributed by atoms with E-state index in [1.165, 1.54) is 44.9 Å². The monoisotopic (exact) mass is 443 g/mol. The second-order valence-corrected chi connectivity index (χ2v) is 8.61. The van der Waals surface area contributed by atoms with Crippen molar-refractivity contribution in [3.8, 4) is 5.75 Å². The highest BCUT2D eigenvalue weighted by Crippen LogP contribution is 2.30. The van der Waals surface area contributed by atoms with Gasteiger partial charge in [-0.05, 0) is 48.9 Å². The van der Waals surface area contributed by atoms with Crippen molar-refractivity contribution in [3.05, 3.63) is 72.3 Å². The summed E-state index contributed by atoms with van der Waals surface area (Å²) in [6.07, 6.45) is 10.3. The Morgan fingerprint density at radius 2 is 1.48 bits per heavy atom. The fourth-order valence-corrected chi connectivity index (χ4v) is 4.14. The van der Waals surface area contributed by atoms with Gasteiger partial charge in [0.15, 0.2) is 0 Å². The van der Waals surface area contributed by atoms with Crippen LogP contribution in [0.4, 0.5) is 5.69 Å². The lowest BCUT2D eigenvalue weighted by molar-refractivity contribution is 0.102. The molecule has 0 spiro atoms. The number of ether oxygens (including phenoxy) is 1. The number of anilines is 1. The van der Waals surface area contributed by atoms with Crippen LogP contribution in [0.3, 0.4) is 0 Å². The number of amides is 1. The number of unbranched alkanes of at least 4 members (excludes halogenated alkanes) is 7. The second-order valence-electron chi connectivity index (χ2n) is 8.61. The Kier molecular flexibility index (Phi) is 8.02. The minimum absolute atomic E-state index is 0.153. The molecular weight excluding hydrogens is 410 g/mol. The van der Waals surface area contributed by atoms with E-state index in [2.05, 4.69) is 12.2 Å². The molecule has 0 aliphatic rings. The maximum absolute atomic E-state index is 12.7. The molecule has 3 aromatic carbocycles. The zero-order valence-electron chi connectivity index (χ0n) is 19.4. The maximum atomic E-state index is 12.7. The summed E-state index contributed by atoms with van der Waals surface area (Å²) in [6.45, 7) is 2.97. The van der Waals surface area contributed by atoms with Crippen molar-refractivity contribution in [2.75, 3.05) is 11.9 Å². The molecule has 0 saturated heterocycles. The second kappa shape index (κ2) is 11.6. The van der Waals surface area contributed by atoms with Gasteiger partial charge in [-0.15, -0.1) is 0 Å². The van der Waals surface area contributed by atoms with Crippen molar-refractivity contribution in [1.82, 2.24) is 0 Å². The van der Waals surface area contributed by atoms with E-state index in [0.717, 1.165) is 40.7 Å². The molecule has 4 heteroatoms. The van der Waals surface area contributed by atoms with Crippen LogP contribution in [-0.2, 0) is 0 Å². The Bertz CT molecular complexity index is 1180. The van der Waals surface area contributed by atoms with Crippen LogP contribution in [0.2, 0.25) is 0 Å². The van der Waals surface area contributed by atoms with Crippen LogP contribution in [-0.4, -0.2) is 12.5 Å². The van der Waals surface area contributed by atoms with Gasteiger partial charge in [-0.1, -0.05) is 70.1 Å². The minimum atomic E-state index is -0.153. The average molecular weight is 444 g/mol. The lowest BCUT2D eigenvalue weighted by atomic mass is 10.1. The summed E-state index contributed by atoms with van der Waals surface area (Å²) < 4.78 is 11.7. The van der Waals surface area contributed by atoms with Gasteiger partial charge in [-0.2, -0.15) is 0 Å². The van der Waals surface area contributed by atoms with Gasteiger partial charge in [0, 0.05) is 28.1 Å². The molecule has 0 radical (unpaired) electrons. The van der Waals surface area contributed by atoms with Crippen LogP contribution >= 0.6 is 0 Å². The summed E-state index contributed by atoms with van der Waals surface area (Å²) >= 11 is 0. The third kappa shape index (κ3) is 6.16. The smallest absolute Gasteiger partial charge is 0.255 e. The molecule has 0 bridgehead atoms. The SMILES string of the molecule is CCCCCCCCCCOc1ccc(C(=O)Nc2ccc3c(c2)oc2ccccc23)cc1. The number of rotatable bonds is 12. The summed E-state index contributed by atoms with van der Waals surface area (Å²) in [7, 11) is 0. The van der Waals surface area contributed by atoms with Crippen molar-refractivity contribution in [1.29, 1.82) is 0 Å². The lowest BCUT2D eigenvalue weighted by Crippen LogP contribution is -2.11. The maximum Gasteiger partial charge on any atom is 0.255 e. The molecule has 1 N–H and O–H groups in total. The average Bonchev–Trinajstić information content (AvgIpc) is 3.21. The fourth-order valence-electron chi connectivity index (χ4n) is 4.14. The molecule has 1 amide bonds. The summed E-state index contributed by atoms with van der Waals surface area (Å²) in [5, 5.41) is 5.08. The predicted octanol–water partition coefficient (Wildman–Crippen LogP) is 8.36. The molecule has 4 nitrogen and oxygen atoms in total. The molecule has 33 heavy (non-hydrogen) atoms. The van der Waals surface area contributed by atoms with Gasteiger partial charge in [-0.25, -0.2) is 0 Å². The molecular formula is C29H33NO3. The van der Waals surface area contributed by atoms with Gasteiger partial charge in [0.1, 0.15) is 16.9 Å². The first-order chi connectivity index (χ1) is 16.2. The third-order valence-electron chi connectivity index (χ3n) is 6.02. The van der Waals surface area contributed by atoms with Crippen molar-refractivity contribution in [2.45, 2.75) is 58.3 Å². The summed E-state index contributed by atoms with van der Waals surface area (Å²) in [4.78, 5) is 12.7. The number of carbonyl (C=O) groups is 1. The first-order valence-corrected chi connectivity index (χ1v) is 12.2. The molecule has 0 aliphatic heterocycles. The van der Waals surface area contributed by atoms with E-state index in [1.807, 2.05) is 54.6 Å².